The van der Waals surface area contributed by atoms with Gasteiger partial charge >= 0.3 is 0 Å². The molecule has 0 saturated heterocycles. The minimum absolute atomic E-state index is 0.695. The van der Waals surface area contributed by atoms with Gasteiger partial charge in [0.05, 0.1) is 0 Å². The molecule has 15 heavy (non-hydrogen) atoms. The lowest BCUT2D eigenvalue weighted by Gasteiger charge is -2.14. The Labute approximate surface area is 108 Å². The molecule has 0 aliphatic rings. The van der Waals surface area contributed by atoms with Gasteiger partial charge < -0.3 is 0 Å². The molecule has 0 radical (unpaired) electrons. The fourth-order valence-corrected chi connectivity index (χ4v) is 3.07. The highest BCUT2D eigenvalue weighted by atomic mass is 127. The van der Waals surface area contributed by atoms with Crippen LogP contribution in [0.4, 0.5) is 0 Å². The second-order valence-corrected chi connectivity index (χ2v) is 5.56. The van der Waals surface area contributed by atoms with Crippen LogP contribution in [0, 0.1) is 0 Å². The molecular formula is C14H21I. The number of unbranched alkanes of at least 4 members (excludes halogenated alkanes) is 1. The van der Waals surface area contributed by atoms with E-state index in [9.17, 15) is 0 Å². The van der Waals surface area contributed by atoms with Crippen LogP contribution in [0.1, 0.15) is 54.6 Å². The van der Waals surface area contributed by atoms with E-state index >= 15 is 0 Å². The van der Waals surface area contributed by atoms with Crippen molar-refractivity contribution in [3.05, 3.63) is 35.4 Å². The molecule has 0 amide bonds. The molecule has 0 bridgehead atoms. The fourth-order valence-electron chi connectivity index (χ4n) is 1.84. The highest BCUT2D eigenvalue weighted by Crippen LogP contribution is 2.31. The van der Waals surface area contributed by atoms with Gasteiger partial charge in [-0.15, -0.1) is 0 Å². The van der Waals surface area contributed by atoms with Crippen molar-refractivity contribution in [1.29, 1.82) is 0 Å². The maximum Gasteiger partial charge on any atom is 0.0362 e. The Hall–Kier alpha value is -0.0500. The summed E-state index contributed by atoms with van der Waals surface area (Å²) in [5, 5.41) is 0. The van der Waals surface area contributed by atoms with Crippen LogP contribution in [0.3, 0.4) is 0 Å². The number of aryl methyl sites for hydroxylation is 1. The number of benzene rings is 1. The predicted molar refractivity (Wildman–Crippen MR) is 76.7 cm³/mol. The van der Waals surface area contributed by atoms with Crippen LogP contribution in [0.15, 0.2) is 24.3 Å². The predicted octanol–water partition coefficient (Wildman–Crippen LogP) is 5.31. The van der Waals surface area contributed by atoms with Gasteiger partial charge in [0.15, 0.2) is 0 Å². The van der Waals surface area contributed by atoms with Crippen LogP contribution in [0.2, 0.25) is 0 Å². The SMILES string of the molecule is CCCCc1ccccc1C(I)CCC. The lowest BCUT2D eigenvalue weighted by Crippen LogP contribution is -1.96. The Morgan fingerprint density at radius 2 is 1.87 bits per heavy atom. The fraction of sp³-hybridized carbons (Fsp3) is 0.571. The number of halogens is 1. The number of hydrogen-bond acceptors (Lipinski definition) is 0. The van der Waals surface area contributed by atoms with Crippen molar-refractivity contribution in [2.24, 2.45) is 0 Å². The summed E-state index contributed by atoms with van der Waals surface area (Å²) in [6.45, 7) is 4.52. The van der Waals surface area contributed by atoms with Gasteiger partial charge in [-0.2, -0.15) is 0 Å². The maximum atomic E-state index is 2.58. The number of alkyl halides is 1. The summed E-state index contributed by atoms with van der Waals surface area (Å²) in [5.74, 6) is 0. The van der Waals surface area contributed by atoms with E-state index in [-0.39, 0.29) is 0 Å². The van der Waals surface area contributed by atoms with Crippen molar-refractivity contribution in [2.45, 2.75) is 49.9 Å². The number of rotatable bonds is 6. The van der Waals surface area contributed by atoms with Gasteiger partial charge in [-0.25, -0.2) is 0 Å². The second kappa shape index (κ2) is 7.26. The largest absolute Gasteiger partial charge is 0.0774 e. The van der Waals surface area contributed by atoms with Crippen LogP contribution in [0.5, 0.6) is 0 Å². The minimum Gasteiger partial charge on any atom is -0.0774 e. The first-order valence-corrected chi connectivity index (χ1v) is 7.26. The molecule has 84 valence electrons. The van der Waals surface area contributed by atoms with Gasteiger partial charge in [-0.1, -0.05) is 73.5 Å². The van der Waals surface area contributed by atoms with Gasteiger partial charge in [-0.3, -0.25) is 0 Å². The summed E-state index contributed by atoms with van der Waals surface area (Å²) in [5.41, 5.74) is 3.13. The van der Waals surface area contributed by atoms with Crippen molar-refractivity contribution in [2.75, 3.05) is 0 Å². The Morgan fingerprint density at radius 3 is 2.53 bits per heavy atom. The molecule has 0 saturated carbocycles. The van der Waals surface area contributed by atoms with E-state index in [0.717, 1.165) is 0 Å². The summed E-state index contributed by atoms with van der Waals surface area (Å²) < 4.78 is 0.695. The highest BCUT2D eigenvalue weighted by Gasteiger charge is 2.09. The van der Waals surface area contributed by atoms with Crippen molar-refractivity contribution in [3.8, 4) is 0 Å². The van der Waals surface area contributed by atoms with E-state index in [0.29, 0.717) is 3.92 Å². The Morgan fingerprint density at radius 1 is 1.13 bits per heavy atom. The van der Waals surface area contributed by atoms with Gasteiger partial charge in [0.1, 0.15) is 0 Å². The molecule has 1 atom stereocenters. The van der Waals surface area contributed by atoms with E-state index in [1.165, 1.54) is 32.1 Å². The zero-order valence-electron chi connectivity index (χ0n) is 9.80. The van der Waals surface area contributed by atoms with Crippen LogP contribution in [-0.4, -0.2) is 0 Å². The van der Waals surface area contributed by atoms with E-state index in [1.54, 1.807) is 11.1 Å². The second-order valence-electron chi connectivity index (χ2n) is 4.06. The van der Waals surface area contributed by atoms with Crippen LogP contribution < -0.4 is 0 Å². The van der Waals surface area contributed by atoms with Gasteiger partial charge in [0, 0.05) is 3.92 Å². The van der Waals surface area contributed by atoms with E-state index < -0.39 is 0 Å². The average Bonchev–Trinajstić information content (AvgIpc) is 2.27. The van der Waals surface area contributed by atoms with E-state index in [1.807, 2.05) is 0 Å². The highest BCUT2D eigenvalue weighted by molar-refractivity contribution is 14.1. The number of hydrogen-bond donors (Lipinski definition) is 0. The molecule has 0 aliphatic carbocycles. The summed E-state index contributed by atoms with van der Waals surface area (Å²) in [7, 11) is 0. The molecule has 0 nitrogen and oxygen atoms in total. The third-order valence-corrected chi connectivity index (χ3v) is 4.03. The standard InChI is InChI=1S/C14H21I/c1-3-5-9-12-10-6-7-11-13(12)14(15)8-4-2/h6-7,10-11,14H,3-5,8-9H2,1-2H3. The molecule has 0 aliphatic heterocycles. The molecule has 0 aromatic heterocycles. The van der Waals surface area contributed by atoms with Crippen LogP contribution in [-0.2, 0) is 6.42 Å². The topological polar surface area (TPSA) is 0 Å². The van der Waals surface area contributed by atoms with E-state index in [2.05, 4.69) is 60.7 Å². The van der Waals surface area contributed by atoms with Crippen LogP contribution >= 0.6 is 22.6 Å². The van der Waals surface area contributed by atoms with Gasteiger partial charge in [0.2, 0.25) is 0 Å². The Kier molecular flexibility index (Phi) is 6.30. The summed E-state index contributed by atoms with van der Waals surface area (Å²) in [6.07, 6.45) is 6.41. The first-order valence-electron chi connectivity index (χ1n) is 6.01. The lowest BCUT2D eigenvalue weighted by atomic mass is 9.98. The average molecular weight is 316 g/mol. The molecule has 1 aromatic carbocycles. The molecule has 1 aromatic rings. The van der Waals surface area contributed by atoms with E-state index in [4.69, 9.17) is 0 Å². The zero-order chi connectivity index (χ0) is 11.1. The lowest BCUT2D eigenvalue weighted by molar-refractivity contribution is 0.760. The van der Waals surface area contributed by atoms with Gasteiger partial charge in [-0.05, 0) is 30.4 Å². The molecule has 0 heterocycles. The van der Waals surface area contributed by atoms with Crippen molar-refractivity contribution >= 4 is 22.6 Å². The minimum atomic E-state index is 0.695. The van der Waals surface area contributed by atoms with Crippen molar-refractivity contribution < 1.29 is 0 Å². The Balaban J connectivity index is 2.75. The maximum absolute atomic E-state index is 2.58. The molecule has 0 spiro atoms. The molecular weight excluding hydrogens is 295 g/mol. The smallest absolute Gasteiger partial charge is 0.0362 e. The molecule has 0 N–H and O–H groups in total. The summed E-state index contributed by atoms with van der Waals surface area (Å²) in [4.78, 5) is 0. The monoisotopic (exact) mass is 316 g/mol. The third kappa shape index (κ3) is 4.13. The normalized spacial score (nSPS) is 12.7. The summed E-state index contributed by atoms with van der Waals surface area (Å²) in [6, 6.07) is 8.94. The molecule has 0 fully saturated rings. The van der Waals surface area contributed by atoms with Crippen molar-refractivity contribution in [3.63, 3.8) is 0 Å². The zero-order valence-corrected chi connectivity index (χ0v) is 12.0. The third-order valence-electron chi connectivity index (χ3n) is 2.73. The molecule has 1 rings (SSSR count). The van der Waals surface area contributed by atoms with Gasteiger partial charge in [0.25, 0.3) is 0 Å². The molecule has 1 unspecified atom stereocenters. The first-order chi connectivity index (χ1) is 7.29. The quantitative estimate of drug-likeness (QED) is 0.493. The molecule has 1 heteroatoms. The Bertz CT molecular complexity index is 280. The first kappa shape index (κ1) is 13.0. The van der Waals surface area contributed by atoms with Crippen LogP contribution in [0.25, 0.3) is 0 Å². The van der Waals surface area contributed by atoms with Crippen molar-refractivity contribution in [1.82, 2.24) is 0 Å². The summed E-state index contributed by atoms with van der Waals surface area (Å²) >= 11 is 2.58.